The van der Waals surface area contributed by atoms with Gasteiger partial charge in [0, 0.05) is 0 Å². The summed E-state index contributed by atoms with van der Waals surface area (Å²) in [6, 6.07) is 25.9. The van der Waals surface area contributed by atoms with Gasteiger partial charge in [-0.05, 0) is 0 Å². The molecule has 2 N–H and O–H groups in total. The summed E-state index contributed by atoms with van der Waals surface area (Å²) in [4.78, 5) is 16.5. The number of phenolic OH excluding ortho intramolecular Hbond substituents is 1. The van der Waals surface area contributed by atoms with E-state index in [-0.39, 0.29) is 11.4 Å². The third-order valence-corrected chi connectivity index (χ3v) is 28.1. The summed E-state index contributed by atoms with van der Waals surface area (Å²) in [5.41, 5.74) is 0.557. The Morgan fingerprint density at radius 1 is 0.750 bits per heavy atom. The van der Waals surface area contributed by atoms with Crippen LogP contribution in [0.2, 0.25) is 0 Å². The van der Waals surface area contributed by atoms with Crippen molar-refractivity contribution in [3.05, 3.63) is 84.6 Å². The van der Waals surface area contributed by atoms with Crippen LogP contribution in [0, 0.1) is 0 Å². The van der Waals surface area contributed by atoms with Gasteiger partial charge in [-0.15, -0.1) is 0 Å². The van der Waals surface area contributed by atoms with Gasteiger partial charge >= 0.3 is 189 Å². The number of phenols is 1. The van der Waals surface area contributed by atoms with Gasteiger partial charge in [-0.1, -0.05) is 0 Å². The van der Waals surface area contributed by atoms with Crippen LogP contribution in [-0.2, 0) is 49.1 Å². The van der Waals surface area contributed by atoms with Gasteiger partial charge in [-0.2, -0.15) is 0 Å². The standard InChI is InChI=1S/C10H5NO3.2C6H5.2Hg/c12-8-3-1-2-6-4-5-7(10(13)14)11-9(6)8;2*1-2-4-6-5-3-1;;/h1-3,12H,(H,13,14);2*1-5H;;. The predicted molar refractivity (Wildman–Crippen MR) is 102 cm³/mol. The van der Waals surface area contributed by atoms with Gasteiger partial charge in [0.1, 0.15) is 0 Å². The molecule has 1 aromatic heterocycles. The topological polar surface area (TPSA) is 70.4 Å². The molecular formula is C22H15Hg2NO3. The minimum absolute atomic E-state index is 0.0469. The van der Waals surface area contributed by atoms with Gasteiger partial charge in [-0.25, -0.2) is 0 Å². The van der Waals surface area contributed by atoms with Crippen LogP contribution < -0.4 is 12.3 Å². The Labute approximate surface area is 187 Å². The summed E-state index contributed by atoms with van der Waals surface area (Å²) in [6.07, 6.45) is 0. The predicted octanol–water partition coefficient (Wildman–Crippen LogP) is 1.71. The van der Waals surface area contributed by atoms with Gasteiger partial charge in [0.05, 0.1) is 0 Å². The first kappa shape index (κ1) is 19.5. The van der Waals surface area contributed by atoms with Crippen LogP contribution in [0.3, 0.4) is 0 Å². The monoisotopic (exact) mass is 745 g/mol. The molecule has 0 unspecified atom stereocenters. The van der Waals surface area contributed by atoms with Crippen molar-refractivity contribution in [3.8, 4) is 5.75 Å². The molecule has 0 aliphatic heterocycles. The van der Waals surface area contributed by atoms with E-state index in [4.69, 9.17) is 0 Å². The number of aromatic hydroxyl groups is 1. The van der Waals surface area contributed by atoms with E-state index in [1.54, 1.807) is 6.07 Å². The normalized spacial score (nSPS) is 10.3. The zero-order valence-electron chi connectivity index (χ0n) is 15.2. The summed E-state index contributed by atoms with van der Waals surface area (Å²) in [5.74, 6) is -0.954. The molecule has 0 radical (unpaired) electrons. The first-order chi connectivity index (χ1) is 13.6. The number of rotatable bonds is 5. The number of hydrogen-bond donors (Lipinski definition) is 2. The van der Waals surface area contributed by atoms with Crippen LogP contribution in [-0.4, -0.2) is 21.2 Å². The van der Waals surface area contributed by atoms with Crippen LogP contribution in [0.4, 0.5) is 0 Å². The fourth-order valence-electron chi connectivity index (χ4n) is 3.55. The van der Waals surface area contributed by atoms with E-state index in [0.717, 1.165) is 8.46 Å². The molecule has 0 spiro atoms. The van der Waals surface area contributed by atoms with E-state index in [1.807, 2.05) is 48.5 Å². The van der Waals surface area contributed by atoms with E-state index in [1.165, 1.54) is 9.22 Å². The molecule has 0 amide bonds. The number of carbonyl (C=O) groups is 1. The fourth-order valence-corrected chi connectivity index (χ4v) is 25.6. The number of carboxylic acid groups (broad SMARTS) is 1. The minimum atomic E-state index is -1.94. The molecule has 0 aliphatic carbocycles. The molecule has 0 saturated heterocycles. The first-order valence-corrected chi connectivity index (χ1v) is 20.1. The van der Waals surface area contributed by atoms with Crippen molar-refractivity contribution < 1.29 is 64.2 Å². The second-order valence-electron chi connectivity index (χ2n) is 6.72. The average molecular weight is 743 g/mol. The summed E-state index contributed by atoms with van der Waals surface area (Å²) >= 11 is -3.80. The Bertz CT molecular complexity index is 1150. The van der Waals surface area contributed by atoms with Crippen LogP contribution in [0.1, 0.15) is 10.5 Å². The molecule has 4 aromatic rings. The van der Waals surface area contributed by atoms with E-state index in [0.29, 0.717) is 5.52 Å². The van der Waals surface area contributed by atoms with E-state index < -0.39 is 55.1 Å². The van der Waals surface area contributed by atoms with Gasteiger partial charge in [0.15, 0.2) is 0 Å². The molecule has 0 atom stereocenters. The Morgan fingerprint density at radius 3 is 1.89 bits per heavy atom. The third kappa shape index (κ3) is 4.13. The number of para-hydroxylation sites is 1. The third-order valence-electron chi connectivity index (χ3n) is 4.86. The zero-order chi connectivity index (χ0) is 19.5. The molecule has 1 heterocycles. The average Bonchev–Trinajstić information content (AvgIpc) is 2.71. The number of nitrogens with zero attached hydrogens (tertiary/aromatic N) is 1. The van der Waals surface area contributed by atoms with Crippen molar-refractivity contribution in [2.24, 2.45) is 0 Å². The van der Waals surface area contributed by atoms with Crippen molar-refractivity contribution in [1.82, 2.24) is 4.98 Å². The van der Waals surface area contributed by atoms with E-state index in [9.17, 15) is 15.0 Å². The zero-order valence-corrected chi connectivity index (χ0v) is 26.2. The maximum atomic E-state index is 12.1. The molecule has 6 heteroatoms. The summed E-state index contributed by atoms with van der Waals surface area (Å²) in [6.45, 7) is 0. The molecule has 3 aromatic carbocycles. The molecule has 0 saturated carbocycles. The summed E-state index contributed by atoms with van der Waals surface area (Å²) in [7, 11) is 0. The van der Waals surface area contributed by atoms with E-state index in [2.05, 4.69) is 29.2 Å². The number of aromatic nitrogens is 1. The Hall–Kier alpha value is -1.79. The maximum absolute atomic E-state index is 12.1. The second-order valence-corrected chi connectivity index (χ2v) is 21.3. The molecule has 0 aliphatic rings. The SMILES string of the molecule is O=C(O)c1nc2c(O)cccc2[c]([Hg][c]2ccccc2)[c]1[Hg][c]1ccccc1. The van der Waals surface area contributed by atoms with Crippen molar-refractivity contribution in [2.75, 3.05) is 0 Å². The fraction of sp³-hybridized carbons (Fsp3) is 0. The molecule has 4 rings (SSSR count). The van der Waals surface area contributed by atoms with Crippen LogP contribution >= 0.6 is 0 Å². The van der Waals surface area contributed by atoms with Gasteiger partial charge in [-0.3, -0.25) is 0 Å². The number of aromatic carboxylic acids is 1. The number of fused-ring (bicyclic) bond motifs is 1. The molecular weight excluding hydrogens is 727 g/mol. The Balaban J connectivity index is 1.99. The van der Waals surface area contributed by atoms with Crippen LogP contribution in [0.15, 0.2) is 78.9 Å². The second kappa shape index (κ2) is 8.70. The van der Waals surface area contributed by atoms with Gasteiger partial charge in [0.2, 0.25) is 0 Å². The molecule has 130 valence electrons. The molecule has 0 bridgehead atoms. The Kier molecular flexibility index (Phi) is 6.07. The first-order valence-electron chi connectivity index (χ1n) is 9.08. The van der Waals surface area contributed by atoms with Crippen molar-refractivity contribution in [1.29, 1.82) is 0 Å². The number of benzene rings is 3. The van der Waals surface area contributed by atoms with E-state index >= 15 is 0 Å². The molecule has 4 nitrogen and oxygen atoms in total. The summed E-state index contributed by atoms with van der Waals surface area (Å²) in [5, 5.41) is 21.2. The number of pyridine rings is 1. The summed E-state index contributed by atoms with van der Waals surface area (Å²) < 4.78 is 4.81. The quantitative estimate of drug-likeness (QED) is 0.306. The number of hydrogen-bond acceptors (Lipinski definition) is 3. The number of carboxylic acids is 1. The van der Waals surface area contributed by atoms with Crippen molar-refractivity contribution in [2.45, 2.75) is 0 Å². The molecule has 28 heavy (non-hydrogen) atoms. The van der Waals surface area contributed by atoms with Gasteiger partial charge < -0.3 is 0 Å². The van der Waals surface area contributed by atoms with Crippen molar-refractivity contribution in [3.63, 3.8) is 0 Å². The van der Waals surface area contributed by atoms with Crippen molar-refractivity contribution >= 4 is 29.2 Å². The van der Waals surface area contributed by atoms with Crippen LogP contribution in [0.25, 0.3) is 10.9 Å². The molecule has 0 fully saturated rings. The van der Waals surface area contributed by atoms with Gasteiger partial charge in [0.25, 0.3) is 0 Å². The van der Waals surface area contributed by atoms with Crippen LogP contribution in [0.5, 0.6) is 5.75 Å². The Morgan fingerprint density at radius 2 is 1.32 bits per heavy atom.